The topological polar surface area (TPSA) is 37.8 Å². The molecule has 9 heteroatoms. The van der Waals surface area contributed by atoms with Gasteiger partial charge in [0.25, 0.3) is 0 Å². The Labute approximate surface area is 149 Å². The van der Waals surface area contributed by atoms with E-state index in [4.69, 9.17) is 0 Å². The van der Waals surface area contributed by atoms with Crippen LogP contribution in [0.4, 0.5) is 27.8 Å². The van der Waals surface area contributed by atoms with Crippen LogP contribution < -0.4 is 5.32 Å². The number of rotatable bonds is 5. The zero-order valence-corrected chi connectivity index (χ0v) is 14.4. The average Bonchev–Trinajstić information content (AvgIpc) is 2.94. The highest BCUT2D eigenvalue weighted by Crippen LogP contribution is 2.33. The number of anilines is 1. The lowest BCUT2D eigenvalue weighted by atomic mass is 10.1. The van der Waals surface area contributed by atoms with Crippen LogP contribution in [0.1, 0.15) is 22.7 Å². The molecule has 3 aromatic rings. The van der Waals surface area contributed by atoms with Gasteiger partial charge in [0.15, 0.2) is 11.6 Å². The van der Waals surface area contributed by atoms with Crippen LogP contribution in [0, 0.1) is 18.6 Å². The van der Waals surface area contributed by atoms with Crippen molar-refractivity contribution in [3.05, 3.63) is 52.2 Å². The van der Waals surface area contributed by atoms with E-state index in [1.54, 1.807) is 13.0 Å². The highest BCUT2D eigenvalue weighted by atomic mass is 32.1. The number of hydrogen-bond donors (Lipinski definition) is 1. The smallest absolute Gasteiger partial charge is 0.369 e. The summed E-state index contributed by atoms with van der Waals surface area (Å²) in [6, 6.07) is 5.38. The fraction of sp³-hybridized carbons (Fsp3) is 0.294. The Hall–Kier alpha value is -2.29. The second-order valence-electron chi connectivity index (χ2n) is 5.75. The van der Waals surface area contributed by atoms with Crippen molar-refractivity contribution in [2.75, 3.05) is 11.9 Å². The quantitative estimate of drug-likeness (QED) is 0.474. The first-order chi connectivity index (χ1) is 12.2. The highest BCUT2D eigenvalue weighted by Gasteiger charge is 2.35. The van der Waals surface area contributed by atoms with E-state index in [2.05, 4.69) is 15.3 Å². The second kappa shape index (κ2) is 7.14. The van der Waals surface area contributed by atoms with E-state index in [9.17, 15) is 22.0 Å². The summed E-state index contributed by atoms with van der Waals surface area (Å²) < 4.78 is 65.0. The van der Waals surface area contributed by atoms with Gasteiger partial charge in [-0.25, -0.2) is 18.7 Å². The third-order valence-corrected chi connectivity index (χ3v) is 4.63. The Balaban J connectivity index is 1.72. The number of nitrogens with one attached hydrogen (secondary N) is 1. The van der Waals surface area contributed by atoms with Crippen molar-refractivity contribution in [2.24, 2.45) is 0 Å². The molecular formula is C17H14F5N3S. The molecule has 26 heavy (non-hydrogen) atoms. The van der Waals surface area contributed by atoms with Gasteiger partial charge in [0.05, 0.1) is 5.39 Å². The summed E-state index contributed by atoms with van der Waals surface area (Å²) in [5, 5.41) is 3.43. The Morgan fingerprint density at radius 1 is 1.08 bits per heavy atom. The van der Waals surface area contributed by atoms with E-state index in [1.165, 1.54) is 17.4 Å². The van der Waals surface area contributed by atoms with Crippen molar-refractivity contribution in [3.8, 4) is 0 Å². The normalized spacial score (nSPS) is 11.9. The monoisotopic (exact) mass is 387 g/mol. The van der Waals surface area contributed by atoms with Crippen LogP contribution in [0.2, 0.25) is 0 Å². The first kappa shape index (κ1) is 18.5. The first-order valence-corrected chi connectivity index (χ1v) is 8.59. The van der Waals surface area contributed by atoms with Crippen molar-refractivity contribution >= 4 is 27.4 Å². The number of fused-ring (bicyclic) bond motifs is 1. The summed E-state index contributed by atoms with van der Waals surface area (Å²) in [7, 11) is 0. The highest BCUT2D eigenvalue weighted by molar-refractivity contribution is 7.18. The molecule has 3 nitrogen and oxygen atoms in total. The van der Waals surface area contributed by atoms with Crippen LogP contribution in [-0.4, -0.2) is 16.5 Å². The number of alkyl halides is 3. The van der Waals surface area contributed by atoms with Gasteiger partial charge < -0.3 is 5.32 Å². The molecule has 0 atom stereocenters. The van der Waals surface area contributed by atoms with Crippen molar-refractivity contribution in [3.63, 3.8) is 0 Å². The molecular weight excluding hydrogens is 373 g/mol. The maximum Gasteiger partial charge on any atom is 0.451 e. The van der Waals surface area contributed by atoms with Crippen LogP contribution in [0.3, 0.4) is 0 Å². The number of benzene rings is 1. The minimum absolute atomic E-state index is 0.122. The Morgan fingerprint density at radius 3 is 2.54 bits per heavy atom. The summed E-state index contributed by atoms with van der Waals surface area (Å²) in [6.45, 7) is 2.11. The van der Waals surface area contributed by atoms with Gasteiger partial charge in [-0.05, 0) is 43.5 Å². The van der Waals surface area contributed by atoms with Gasteiger partial charge in [0, 0.05) is 11.4 Å². The third-order valence-electron chi connectivity index (χ3n) is 3.69. The van der Waals surface area contributed by atoms with E-state index in [-0.39, 0.29) is 10.6 Å². The Morgan fingerprint density at radius 2 is 1.85 bits per heavy atom. The summed E-state index contributed by atoms with van der Waals surface area (Å²) in [6.07, 6.45) is -3.66. The SMILES string of the molecule is Cc1cc2c(NCCCc3ccc(F)c(F)c3)nc(C(F)(F)F)nc2s1. The predicted molar refractivity (Wildman–Crippen MR) is 90.3 cm³/mol. The summed E-state index contributed by atoms with van der Waals surface area (Å²) >= 11 is 1.17. The molecule has 0 aliphatic rings. The van der Waals surface area contributed by atoms with E-state index in [0.29, 0.717) is 30.3 Å². The lowest BCUT2D eigenvalue weighted by Gasteiger charge is -2.10. The molecule has 0 amide bonds. The molecule has 0 fully saturated rings. The van der Waals surface area contributed by atoms with Gasteiger partial charge in [-0.3, -0.25) is 0 Å². The van der Waals surface area contributed by atoms with Gasteiger partial charge in [-0.15, -0.1) is 11.3 Å². The minimum atomic E-state index is -4.63. The van der Waals surface area contributed by atoms with E-state index < -0.39 is 23.6 Å². The number of halogens is 5. The number of aromatic nitrogens is 2. The maximum absolute atomic E-state index is 13.2. The van der Waals surface area contributed by atoms with Crippen LogP contribution >= 0.6 is 11.3 Å². The van der Waals surface area contributed by atoms with Gasteiger partial charge in [0.2, 0.25) is 5.82 Å². The van der Waals surface area contributed by atoms with E-state index in [0.717, 1.165) is 17.0 Å². The van der Waals surface area contributed by atoms with Gasteiger partial charge in [-0.1, -0.05) is 6.07 Å². The molecule has 2 heterocycles. The number of thiophene rings is 1. The van der Waals surface area contributed by atoms with E-state index in [1.807, 2.05) is 0 Å². The molecule has 0 aliphatic carbocycles. The largest absolute Gasteiger partial charge is 0.451 e. The average molecular weight is 387 g/mol. The van der Waals surface area contributed by atoms with Gasteiger partial charge in [0.1, 0.15) is 10.6 Å². The molecule has 1 N–H and O–H groups in total. The fourth-order valence-corrected chi connectivity index (χ4v) is 3.38. The molecule has 1 aromatic carbocycles. The fourth-order valence-electron chi connectivity index (χ4n) is 2.50. The zero-order chi connectivity index (χ0) is 18.9. The molecule has 3 rings (SSSR count). The lowest BCUT2D eigenvalue weighted by Crippen LogP contribution is -2.13. The summed E-state index contributed by atoms with van der Waals surface area (Å²) in [4.78, 5) is 8.30. The molecule has 2 aromatic heterocycles. The zero-order valence-electron chi connectivity index (χ0n) is 13.6. The molecule has 0 saturated carbocycles. The van der Waals surface area contributed by atoms with Gasteiger partial charge in [-0.2, -0.15) is 13.2 Å². The van der Waals surface area contributed by atoms with Crippen LogP contribution in [0.15, 0.2) is 24.3 Å². The Kier molecular flexibility index (Phi) is 5.08. The lowest BCUT2D eigenvalue weighted by molar-refractivity contribution is -0.144. The Bertz CT molecular complexity index is 936. The van der Waals surface area contributed by atoms with Crippen molar-refractivity contribution in [1.29, 1.82) is 0 Å². The molecule has 0 aliphatic heterocycles. The molecule has 0 radical (unpaired) electrons. The van der Waals surface area contributed by atoms with Gasteiger partial charge >= 0.3 is 6.18 Å². The molecule has 0 unspecified atom stereocenters. The first-order valence-electron chi connectivity index (χ1n) is 7.77. The minimum Gasteiger partial charge on any atom is -0.369 e. The van der Waals surface area contributed by atoms with Crippen molar-refractivity contribution in [2.45, 2.75) is 25.9 Å². The number of aryl methyl sites for hydroxylation is 2. The maximum atomic E-state index is 13.2. The standard InChI is InChI=1S/C17H14F5N3S/c1-9-7-11-14(24-16(17(20,21)22)25-15(11)26-9)23-6-2-3-10-4-5-12(18)13(19)8-10/h4-5,7-8H,2-3,6H2,1H3,(H,23,24,25). The number of hydrogen-bond acceptors (Lipinski definition) is 4. The molecule has 0 bridgehead atoms. The molecule has 138 valence electrons. The third kappa shape index (κ3) is 4.09. The van der Waals surface area contributed by atoms with Crippen molar-refractivity contribution < 1.29 is 22.0 Å². The predicted octanol–water partition coefficient (Wildman–Crippen LogP) is 5.34. The van der Waals surface area contributed by atoms with E-state index >= 15 is 0 Å². The number of nitrogens with zero attached hydrogens (tertiary/aromatic N) is 2. The second-order valence-corrected chi connectivity index (χ2v) is 6.98. The summed E-state index contributed by atoms with van der Waals surface area (Å²) in [5.41, 5.74) is 0.612. The molecule has 0 saturated heterocycles. The van der Waals surface area contributed by atoms with Crippen LogP contribution in [0.5, 0.6) is 0 Å². The van der Waals surface area contributed by atoms with Crippen LogP contribution in [-0.2, 0) is 12.6 Å². The summed E-state index contributed by atoms with van der Waals surface area (Å²) in [5.74, 6) is -2.90. The molecule has 0 spiro atoms. The van der Waals surface area contributed by atoms with Crippen molar-refractivity contribution in [1.82, 2.24) is 9.97 Å². The van der Waals surface area contributed by atoms with Crippen LogP contribution in [0.25, 0.3) is 10.2 Å².